The van der Waals surface area contributed by atoms with Gasteiger partial charge in [-0.1, -0.05) is 162 Å². The van der Waals surface area contributed by atoms with E-state index in [1.807, 2.05) is 14.2 Å². The van der Waals surface area contributed by atoms with Crippen molar-refractivity contribution in [3.8, 4) is 33.8 Å². The van der Waals surface area contributed by atoms with Gasteiger partial charge in [0.25, 0.3) is 0 Å². The smallest absolute Gasteiger partial charge is 0.130 e. The molecule has 4 aromatic carbocycles. The molecule has 2 aliphatic rings. The lowest BCUT2D eigenvalue weighted by molar-refractivity contribution is 0.251. The molecular weight excluding hydrogens is 669 g/mol. The molecule has 4 aromatic rings. The summed E-state index contributed by atoms with van der Waals surface area (Å²) in [6.45, 7) is 28.7. The third-order valence-corrected chi connectivity index (χ3v) is 12.6. The molecule has 0 spiro atoms. The zero-order chi connectivity index (χ0) is 40.1. The highest BCUT2D eigenvalue weighted by Crippen LogP contribution is 2.56. The molecule has 0 aromatic heterocycles. The molecular formula is C53H72O2. The first-order chi connectivity index (χ1) is 25.7. The van der Waals surface area contributed by atoms with Gasteiger partial charge < -0.3 is 9.47 Å². The Morgan fingerprint density at radius 2 is 0.855 bits per heavy atom. The second-order valence-corrected chi connectivity index (χ2v) is 21.6. The molecule has 2 nitrogen and oxygen atoms in total. The van der Waals surface area contributed by atoms with E-state index < -0.39 is 0 Å². The van der Waals surface area contributed by atoms with Gasteiger partial charge in [0.1, 0.15) is 11.5 Å². The maximum Gasteiger partial charge on any atom is 0.130 e. The molecule has 0 fully saturated rings. The first kappa shape index (κ1) is 41.1. The predicted molar refractivity (Wildman–Crippen MR) is 236 cm³/mol. The van der Waals surface area contributed by atoms with Crippen LogP contribution in [0.1, 0.15) is 160 Å². The number of hydrogen-bond acceptors (Lipinski definition) is 2. The van der Waals surface area contributed by atoms with E-state index in [1.165, 1.54) is 76.6 Å². The van der Waals surface area contributed by atoms with E-state index in [1.54, 1.807) is 11.1 Å². The van der Waals surface area contributed by atoms with Crippen LogP contribution in [0.25, 0.3) is 22.3 Å². The average Bonchev–Trinajstić information content (AvgIpc) is 3.60. The third-order valence-electron chi connectivity index (χ3n) is 12.6. The van der Waals surface area contributed by atoms with Crippen LogP contribution in [0.4, 0.5) is 0 Å². The van der Waals surface area contributed by atoms with E-state index >= 15 is 0 Å². The van der Waals surface area contributed by atoms with E-state index in [0.29, 0.717) is 23.7 Å². The van der Waals surface area contributed by atoms with Crippen LogP contribution in [0, 0.1) is 22.7 Å². The van der Waals surface area contributed by atoms with Gasteiger partial charge in [0.05, 0.1) is 14.2 Å². The minimum atomic E-state index is -0.0351. The molecule has 296 valence electrons. The normalized spacial score (nSPS) is 20.0. The van der Waals surface area contributed by atoms with Crippen LogP contribution in [0.2, 0.25) is 0 Å². The Hall–Kier alpha value is -3.52. The van der Waals surface area contributed by atoms with Crippen LogP contribution in [0.15, 0.2) is 72.8 Å². The Labute approximate surface area is 335 Å². The first-order valence-corrected chi connectivity index (χ1v) is 21.3. The van der Waals surface area contributed by atoms with Crippen molar-refractivity contribution < 1.29 is 9.47 Å². The van der Waals surface area contributed by atoms with Crippen molar-refractivity contribution in [2.45, 2.75) is 151 Å². The second kappa shape index (κ2) is 15.4. The van der Waals surface area contributed by atoms with Crippen molar-refractivity contribution in [2.24, 2.45) is 22.7 Å². The molecule has 0 heterocycles. The van der Waals surface area contributed by atoms with Gasteiger partial charge in [-0.25, -0.2) is 0 Å². The van der Waals surface area contributed by atoms with Gasteiger partial charge in [-0.3, -0.25) is 0 Å². The zero-order valence-corrected chi connectivity index (χ0v) is 37.0. The molecule has 0 radical (unpaired) electrons. The summed E-state index contributed by atoms with van der Waals surface area (Å²) in [5, 5.41) is 0. The number of hydrogen-bond donors (Lipinski definition) is 0. The summed E-state index contributed by atoms with van der Waals surface area (Å²) in [5.74, 6) is 4.43. The molecule has 4 unspecified atom stereocenters. The molecule has 0 saturated heterocycles. The largest absolute Gasteiger partial charge is 0.496 e. The van der Waals surface area contributed by atoms with Crippen molar-refractivity contribution in [2.75, 3.05) is 14.2 Å². The van der Waals surface area contributed by atoms with Crippen molar-refractivity contribution in [1.29, 1.82) is 0 Å². The van der Waals surface area contributed by atoms with Crippen LogP contribution in [0.3, 0.4) is 0 Å². The first-order valence-electron chi connectivity index (χ1n) is 21.3. The summed E-state index contributed by atoms with van der Waals surface area (Å²) in [6, 6.07) is 27.3. The van der Waals surface area contributed by atoms with Crippen LogP contribution in [-0.2, 0) is 23.7 Å². The minimum Gasteiger partial charge on any atom is -0.496 e. The highest BCUT2D eigenvalue weighted by molar-refractivity contribution is 5.80. The van der Waals surface area contributed by atoms with Crippen LogP contribution < -0.4 is 9.47 Å². The molecule has 0 amide bonds. The van der Waals surface area contributed by atoms with Crippen LogP contribution in [0.5, 0.6) is 11.5 Å². The lowest BCUT2D eigenvalue weighted by atomic mass is 9.74. The Kier molecular flexibility index (Phi) is 11.5. The molecule has 2 heteroatoms. The Bertz CT molecular complexity index is 1800. The molecule has 0 aliphatic heterocycles. The fraction of sp³-hybridized carbons (Fsp3) is 0.547. The van der Waals surface area contributed by atoms with Gasteiger partial charge in [0.15, 0.2) is 0 Å². The van der Waals surface area contributed by atoms with E-state index in [9.17, 15) is 0 Å². The van der Waals surface area contributed by atoms with Crippen molar-refractivity contribution in [3.05, 3.63) is 106 Å². The number of fused-ring (bicyclic) bond motifs is 2. The standard InChI is InChI=1S/C53H72O2/c1-50(2,3)32-36-28-42-40(30-44(52(7,8)9)48(54-13)46(42)34-22-17-15-18-23-34)38(36)26-21-27-39-37(33-51(4,5)6)29-43-41(39)31-45(53(10,11)12)49(55-14)47(43)35-24-19-16-20-25-35/h15-20,22-25,30-31,36-39H,21,26-29,32-33H2,1-14H3. The maximum absolute atomic E-state index is 6.37. The second-order valence-electron chi connectivity index (χ2n) is 21.6. The lowest BCUT2D eigenvalue weighted by Gasteiger charge is -2.31. The van der Waals surface area contributed by atoms with Crippen LogP contribution in [-0.4, -0.2) is 14.2 Å². The van der Waals surface area contributed by atoms with Gasteiger partial charge in [-0.05, 0) is 117 Å². The summed E-state index contributed by atoms with van der Waals surface area (Å²) < 4.78 is 12.7. The number of ether oxygens (including phenoxy) is 2. The number of benzene rings is 4. The fourth-order valence-electron chi connectivity index (χ4n) is 10.6. The molecule has 0 saturated carbocycles. The zero-order valence-electron chi connectivity index (χ0n) is 37.0. The Morgan fingerprint density at radius 1 is 0.509 bits per heavy atom. The van der Waals surface area contributed by atoms with Crippen LogP contribution >= 0.6 is 0 Å². The van der Waals surface area contributed by atoms with Gasteiger partial charge in [-0.2, -0.15) is 0 Å². The van der Waals surface area contributed by atoms with Crippen molar-refractivity contribution in [3.63, 3.8) is 0 Å². The molecule has 4 atom stereocenters. The topological polar surface area (TPSA) is 18.5 Å². The summed E-state index contributed by atoms with van der Waals surface area (Å²) >= 11 is 0. The summed E-state index contributed by atoms with van der Waals surface area (Å²) in [5.41, 5.74) is 14.6. The molecule has 0 N–H and O–H groups in total. The van der Waals surface area contributed by atoms with Crippen molar-refractivity contribution >= 4 is 0 Å². The number of methoxy groups -OCH3 is 2. The lowest BCUT2D eigenvalue weighted by Crippen LogP contribution is -2.19. The predicted octanol–water partition coefficient (Wildman–Crippen LogP) is 14.9. The van der Waals surface area contributed by atoms with E-state index in [2.05, 4.69) is 156 Å². The minimum absolute atomic E-state index is 0.0351. The quantitative estimate of drug-likeness (QED) is 0.161. The SMILES string of the molecule is COc1c(C(C)(C)C)cc2c(c1-c1ccccc1)CC(CC(C)(C)C)C2CCCC1c2cc(C(C)(C)C)c(OC)c(-c3ccccc3)c2CC1CC(C)(C)C. The molecule has 55 heavy (non-hydrogen) atoms. The summed E-state index contributed by atoms with van der Waals surface area (Å²) in [4.78, 5) is 0. The Balaban J connectivity index is 1.44. The van der Waals surface area contributed by atoms with Gasteiger partial charge in [-0.15, -0.1) is 0 Å². The van der Waals surface area contributed by atoms with E-state index in [-0.39, 0.29) is 21.7 Å². The maximum atomic E-state index is 6.37. The summed E-state index contributed by atoms with van der Waals surface area (Å²) in [6.07, 6.45) is 8.36. The van der Waals surface area contributed by atoms with E-state index in [4.69, 9.17) is 9.47 Å². The molecule has 2 aliphatic carbocycles. The average molecular weight is 741 g/mol. The summed E-state index contributed by atoms with van der Waals surface area (Å²) in [7, 11) is 3.75. The van der Waals surface area contributed by atoms with Gasteiger partial charge >= 0.3 is 0 Å². The highest BCUT2D eigenvalue weighted by Gasteiger charge is 2.42. The van der Waals surface area contributed by atoms with Gasteiger partial charge in [0.2, 0.25) is 0 Å². The Morgan fingerprint density at radius 3 is 1.15 bits per heavy atom. The molecule has 6 rings (SSSR count). The van der Waals surface area contributed by atoms with Crippen molar-refractivity contribution in [1.82, 2.24) is 0 Å². The third kappa shape index (κ3) is 8.74. The van der Waals surface area contributed by atoms with Gasteiger partial charge in [0, 0.05) is 22.3 Å². The fourth-order valence-corrected chi connectivity index (χ4v) is 10.6. The highest BCUT2D eigenvalue weighted by atomic mass is 16.5. The number of rotatable bonds is 10. The monoisotopic (exact) mass is 741 g/mol. The molecule has 0 bridgehead atoms. The van der Waals surface area contributed by atoms with E-state index in [0.717, 1.165) is 24.3 Å².